The van der Waals surface area contributed by atoms with E-state index in [2.05, 4.69) is 30.2 Å². The molecule has 1 heterocycles. The number of phenolic OH excluding ortho intramolecular Hbond substituents is 1. The number of rotatable bonds is 5. The van der Waals surface area contributed by atoms with E-state index in [-0.39, 0.29) is 0 Å². The second kappa shape index (κ2) is 5.74. The number of aromatic nitrogens is 1. The highest BCUT2D eigenvalue weighted by Gasteiger charge is 2.03. The number of allylic oxidation sites excluding steroid dienone is 1. The Kier molecular flexibility index (Phi) is 4.05. The van der Waals surface area contributed by atoms with Gasteiger partial charge in [0.15, 0.2) is 0 Å². The maximum atomic E-state index is 9.51. The second-order valence-electron chi connectivity index (χ2n) is 4.78. The summed E-state index contributed by atoms with van der Waals surface area (Å²) in [5, 5.41) is 14.0. The lowest BCUT2D eigenvalue weighted by atomic mass is 10.1. The minimum absolute atomic E-state index is 0.320. The molecule has 96 valence electrons. The average molecular weight is 244 g/mol. The standard InChI is InChI=1S/C15H20N2O/c1-11(2)5-7-16-8-6-12-10-17-15-4-3-13(18)9-14(12)15/h3-5,9-10,16-18H,6-8H2,1-2H3. The second-order valence-corrected chi connectivity index (χ2v) is 4.78. The summed E-state index contributed by atoms with van der Waals surface area (Å²) in [4.78, 5) is 3.22. The molecule has 18 heavy (non-hydrogen) atoms. The fourth-order valence-corrected chi connectivity index (χ4v) is 1.97. The van der Waals surface area contributed by atoms with Crippen LogP contribution in [0.2, 0.25) is 0 Å². The maximum Gasteiger partial charge on any atom is 0.116 e. The van der Waals surface area contributed by atoms with Crippen molar-refractivity contribution in [2.24, 2.45) is 0 Å². The van der Waals surface area contributed by atoms with E-state index in [1.54, 1.807) is 6.07 Å². The summed E-state index contributed by atoms with van der Waals surface area (Å²) in [5.74, 6) is 0.320. The van der Waals surface area contributed by atoms with Gasteiger partial charge in [-0.1, -0.05) is 11.6 Å². The Hall–Kier alpha value is -1.74. The van der Waals surface area contributed by atoms with Gasteiger partial charge in [0.25, 0.3) is 0 Å². The Morgan fingerprint density at radius 2 is 2.22 bits per heavy atom. The molecule has 2 rings (SSSR count). The monoisotopic (exact) mass is 244 g/mol. The Bertz CT molecular complexity index is 551. The normalized spacial score (nSPS) is 10.8. The van der Waals surface area contributed by atoms with Crippen molar-refractivity contribution in [2.45, 2.75) is 20.3 Å². The molecule has 1 aromatic heterocycles. The number of hydrogen-bond acceptors (Lipinski definition) is 2. The Morgan fingerprint density at radius 1 is 1.39 bits per heavy atom. The van der Waals surface area contributed by atoms with Crippen LogP contribution in [-0.2, 0) is 6.42 Å². The topological polar surface area (TPSA) is 48.0 Å². The van der Waals surface area contributed by atoms with Gasteiger partial charge < -0.3 is 15.4 Å². The molecule has 0 fully saturated rings. The van der Waals surface area contributed by atoms with Gasteiger partial charge in [-0.05, 0) is 50.6 Å². The molecule has 3 heteroatoms. The van der Waals surface area contributed by atoms with E-state index in [1.165, 1.54) is 11.1 Å². The van der Waals surface area contributed by atoms with Crippen molar-refractivity contribution in [3.8, 4) is 5.75 Å². The van der Waals surface area contributed by atoms with Gasteiger partial charge >= 0.3 is 0 Å². The summed E-state index contributed by atoms with van der Waals surface area (Å²) in [5.41, 5.74) is 3.65. The average Bonchev–Trinajstić information content (AvgIpc) is 2.71. The van der Waals surface area contributed by atoms with Gasteiger partial charge in [-0.3, -0.25) is 0 Å². The highest BCUT2D eigenvalue weighted by Crippen LogP contribution is 2.22. The van der Waals surface area contributed by atoms with Crippen LogP contribution in [0.4, 0.5) is 0 Å². The smallest absolute Gasteiger partial charge is 0.116 e. The van der Waals surface area contributed by atoms with Crippen LogP contribution in [0.15, 0.2) is 36.0 Å². The van der Waals surface area contributed by atoms with Crippen molar-refractivity contribution in [3.63, 3.8) is 0 Å². The van der Waals surface area contributed by atoms with Crippen LogP contribution in [0, 0.1) is 0 Å². The number of benzene rings is 1. The molecular weight excluding hydrogens is 224 g/mol. The van der Waals surface area contributed by atoms with Gasteiger partial charge in [-0.25, -0.2) is 0 Å². The number of fused-ring (bicyclic) bond motifs is 1. The summed E-state index contributed by atoms with van der Waals surface area (Å²) in [6, 6.07) is 5.43. The van der Waals surface area contributed by atoms with Crippen LogP contribution in [0.1, 0.15) is 19.4 Å². The molecule has 1 aromatic carbocycles. The Morgan fingerprint density at radius 3 is 3.00 bits per heavy atom. The molecular formula is C15H20N2O. The third-order valence-electron chi connectivity index (χ3n) is 2.98. The van der Waals surface area contributed by atoms with Gasteiger partial charge in [-0.2, -0.15) is 0 Å². The third kappa shape index (κ3) is 3.14. The van der Waals surface area contributed by atoms with E-state index >= 15 is 0 Å². The molecule has 0 unspecified atom stereocenters. The minimum atomic E-state index is 0.320. The first-order valence-corrected chi connectivity index (χ1v) is 6.30. The number of aromatic amines is 1. The molecule has 0 aliphatic heterocycles. The number of phenols is 1. The van der Waals surface area contributed by atoms with Crippen molar-refractivity contribution in [2.75, 3.05) is 13.1 Å². The molecule has 2 aromatic rings. The number of nitrogens with one attached hydrogen (secondary N) is 2. The molecule has 0 bridgehead atoms. The first-order chi connectivity index (χ1) is 8.66. The van der Waals surface area contributed by atoms with Crippen molar-refractivity contribution in [3.05, 3.63) is 41.6 Å². The zero-order valence-electron chi connectivity index (χ0n) is 11.0. The lowest BCUT2D eigenvalue weighted by Crippen LogP contribution is -2.17. The zero-order chi connectivity index (χ0) is 13.0. The van der Waals surface area contributed by atoms with Gasteiger partial charge in [0.05, 0.1) is 0 Å². The largest absolute Gasteiger partial charge is 0.508 e. The van der Waals surface area contributed by atoms with Crippen molar-refractivity contribution < 1.29 is 5.11 Å². The van der Waals surface area contributed by atoms with Gasteiger partial charge in [0.1, 0.15) is 5.75 Å². The highest BCUT2D eigenvalue weighted by atomic mass is 16.3. The molecule has 0 saturated carbocycles. The van der Waals surface area contributed by atoms with Gasteiger partial charge in [0, 0.05) is 23.6 Å². The third-order valence-corrected chi connectivity index (χ3v) is 2.98. The summed E-state index contributed by atoms with van der Waals surface area (Å²) in [7, 11) is 0. The van der Waals surface area contributed by atoms with Crippen molar-refractivity contribution in [1.82, 2.24) is 10.3 Å². The predicted octanol–water partition coefficient (Wildman–Crippen LogP) is 2.97. The van der Waals surface area contributed by atoms with Crippen LogP contribution in [0.3, 0.4) is 0 Å². The minimum Gasteiger partial charge on any atom is -0.508 e. The number of hydrogen-bond donors (Lipinski definition) is 3. The fraction of sp³-hybridized carbons (Fsp3) is 0.333. The molecule has 3 N–H and O–H groups in total. The zero-order valence-corrected chi connectivity index (χ0v) is 11.0. The Balaban J connectivity index is 1.95. The van der Waals surface area contributed by atoms with Gasteiger partial charge in [0.2, 0.25) is 0 Å². The summed E-state index contributed by atoms with van der Waals surface area (Å²) >= 11 is 0. The summed E-state index contributed by atoms with van der Waals surface area (Å²) in [6.45, 7) is 6.05. The molecule has 0 radical (unpaired) electrons. The van der Waals surface area contributed by atoms with E-state index in [9.17, 15) is 5.11 Å². The van der Waals surface area contributed by atoms with Crippen molar-refractivity contribution >= 4 is 10.9 Å². The first kappa shape index (κ1) is 12.7. The number of H-pyrrole nitrogens is 1. The Labute approximate surface area is 108 Å². The van der Waals surface area contributed by atoms with Crippen LogP contribution < -0.4 is 5.32 Å². The van der Waals surface area contributed by atoms with E-state index in [1.807, 2.05) is 18.3 Å². The molecule has 0 amide bonds. The lowest BCUT2D eigenvalue weighted by molar-refractivity contribution is 0.476. The highest BCUT2D eigenvalue weighted by molar-refractivity contribution is 5.84. The summed E-state index contributed by atoms with van der Waals surface area (Å²) < 4.78 is 0. The van der Waals surface area contributed by atoms with E-state index < -0.39 is 0 Å². The SMILES string of the molecule is CC(C)=CCNCCc1c[nH]c2ccc(O)cc12. The van der Waals surface area contributed by atoms with E-state index in [0.29, 0.717) is 5.75 Å². The predicted molar refractivity (Wildman–Crippen MR) is 76.0 cm³/mol. The lowest BCUT2D eigenvalue weighted by Gasteiger charge is -2.02. The van der Waals surface area contributed by atoms with Crippen molar-refractivity contribution in [1.29, 1.82) is 0 Å². The molecule has 0 spiro atoms. The first-order valence-electron chi connectivity index (χ1n) is 6.30. The molecule has 0 atom stereocenters. The number of aromatic hydroxyl groups is 1. The molecule has 0 aliphatic rings. The van der Waals surface area contributed by atoms with Gasteiger partial charge in [-0.15, -0.1) is 0 Å². The van der Waals surface area contributed by atoms with Crippen LogP contribution >= 0.6 is 0 Å². The van der Waals surface area contributed by atoms with Crippen LogP contribution in [0.5, 0.6) is 5.75 Å². The maximum absolute atomic E-state index is 9.51. The van der Waals surface area contributed by atoms with Crippen LogP contribution in [-0.4, -0.2) is 23.2 Å². The fourth-order valence-electron chi connectivity index (χ4n) is 1.97. The molecule has 3 nitrogen and oxygen atoms in total. The molecule has 0 saturated heterocycles. The molecule has 0 aliphatic carbocycles. The summed E-state index contributed by atoms with van der Waals surface area (Å²) in [6.07, 6.45) is 5.16. The van der Waals surface area contributed by atoms with Crippen LogP contribution in [0.25, 0.3) is 10.9 Å². The van der Waals surface area contributed by atoms with E-state index in [4.69, 9.17) is 0 Å². The van der Waals surface area contributed by atoms with E-state index in [0.717, 1.165) is 30.4 Å². The quantitative estimate of drug-likeness (QED) is 0.559.